The molecule has 0 aromatic heterocycles. The number of rotatable bonds is 12. The third-order valence-corrected chi connectivity index (χ3v) is 6.80. The number of nitrogens with two attached hydrogens (primary N) is 2. The fourth-order valence-corrected chi connectivity index (χ4v) is 4.83. The number of amides is 3. The first-order chi connectivity index (χ1) is 17.3. The molecule has 0 spiro atoms. The van der Waals surface area contributed by atoms with E-state index in [1.54, 1.807) is 4.90 Å². The molecule has 1 aliphatic rings. The normalized spacial score (nSPS) is 18.4. The Balaban J connectivity index is 1.62. The highest BCUT2D eigenvalue weighted by molar-refractivity contribution is 5.91. The van der Waals surface area contributed by atoms with Gasteiger partial charge in [-0.05, 0) is 54.5 Å². The molecule has 8 heteroatoms. The third kappa shape index (κ3) is 7.51. The van der Waals surface area contributed by atoms with Crippen molar-refractivity contribution in [1.82, 2.24) is 15.5 Å². The molecule has 1 saturated heterocycles. The molecule has 1 fully saturated rings. The lowest BCUT2D eigenvalue weighted by Gasteiger charge is -2.22. The number of benzene rings is 2. The van der Waals surface area contributed by atoms with Gasteiger partial charge in [-0.25, -0.2) is 0 Å². The number of fused-ring (bicyclic) bond motifs is 1. The molecule has 6 N–H and O–H groups in total. The van der Waals surface area contributed by atoms with Crippen LogP contribution in [0.2, 0.25) is 0 Å². The lowest BCUT2D eigenvalue weighted by atomic mass is 9.94. The van der Waals surface area contributed by atoms with Crippen molar-refractivity contribution < 1.29 is 14.4 Å². The molecule has 3 amide bonds. The number of nitrogens with zero attached hydrogens (tertiary/aromatic N) is 1. The minimum atomic E-state index is -0.631. The average Bonchev–Trinajstić information content (AvgIpc) is 3.31. The number of carbonyl (C=O) groups excluding carboxylic acids is 3. The molecule has 0 unspecified atom stereocenters. The lowest BCUT2D eigenvalue weighted by Crippen LogP contribution is -2.44. The van der Waals surface area contributed by atoms with Crippen LogP contribution in [0.4, 0.5) is 0 Å². The fourth-order valence-electron chi connectivity index (χ4n) is 4.83. The molecule has 0 aliphatic carbocycles. The summed E-state index contributed by atoms with van der Waals surface area (Å²) in [5.41, 5.74) is 12.8. The molecule has 0 bridgehead atoms. The van der Waals surface area contributed by atoms with Crippen molar-refractivity contribution in [2.24, 2.45) is 29.2 Å². The van der Waals surface area contributed by atoms with Crippen molar-refractivity contribution in [3.8, 4) is 0 Å². The molecule has 8 nitrogen and oxygen atoms in total. The van der Waals surface area contributed by atoms with Gasteiger partial charge in [0, 0.05) is 26.2 Å². The number of carbonyl (C=O) groups is 3. The zero-order valence-electron chi connectivity index (χ0n) is 21.5. The molecular weight excluding hydrogens is 454 g/mol. The molecular formula is C28H41N5O3. The van der Waals surface area contributed by atoms with Crippen molar-refractivity contribution in [3.63, 3.8) is 0 Å². The maximum atomic E-state index is 13.2. The highest BCUT2D eigenvalue weighted by atomic mass is 16.2. The summed E-state index contributed by atoms with van der Waals surface area (Å²) in [6.07, 6.45) is 2.84. The largest absolute Gasteiger partial charge is 0.356 e. The van der Waals surface area contributed by atoms with E-state index in [0.717, 1.165) is 23.8 Å². The van der Waals surface area contributed by atoms with Gasteiger partial charge >= 0.3 is 0 Å². The Labute approximate surface area is 214 Å². The van der Waals surface area contributed by atoms with E-state index in [1.807, 2.05) is 26.0 Å². The van der Waals surface area contributed by atoms with Gasteiger partial charge in [0.1, 0.15) is 0 Å². The second kappa shape index (κ2) is 13.4. The van der Waals surface area contributed by atoms with Crippen LogP contribution in [-0.2, 0) is 20.8 Å². The minimum absolute atomic E-state index is 0.198. The molecule has 0 radical (unpaired) electrons. The molecule has 36 heavy (non-hydrogen) atoms. The van der Waals surface area contributed by atoms with E-state index in [-0.39, 0.29) is 36.7 Å². The van der Waals surface area contributed by atoms with Crippen LogP contribution >= 0.6 is 0 Å². The quantitative estimate of drug-likeness (QED) is 0.334. The minimum Gasteiger partial charge on any atom is -0.356 e. The number of hydrogen-bond acceptors (Lipinski definition) is 5. The first-order valence-electron chi connectivity index (χ1n) is 13.1. The van der Waals surface area contributed by atoms with Gasteiger partial charge < -0.3 is 27.0 Å². The van der Waals surface area contributed by atoms with Gasteiger partial charge in [-0.1, -0.05) is 56.3 Å². The van der Waals surface area contributed by atoms with E-state index in [0.29, 0.717) is 32.5 Å². The van der Waals surface area contributed by atoms with Crippen molar-refractivity contribution in [2.75, 3.05) is 32.7 Å². The predicted octanol–water partition coefficient (Wildman–Crippen LogP) is 1.80. The SMILES string of the molecule is CC(C)C[C@H](N)C(=O)N1C[C@@H](C(=O)NCCCCN)[C@H](C(=O)NCCc2ccc3ccccc3c2)C1. The van der Waals surface area contributed by atoms with Crippen LogP contribution in [0.5, 0.6) is 0 Å². The number of nitrogens with one attached hydrogen (secondary N) is 2. The standard InChI is InChI=1S/C28H41N5O3/c1-19(2)15-25(30)28(36)33-17-23(26(34)31-13-6-5-12-29)24(18-33)27(35)32-14-11-20-9-10-21-7-3-4-8-22(21)16-20/h3-4,7-10,16,19,23-25H,5-6,11-15,17-18,29-30H2,1-2H3,(H,31,34)(H,32,35)/t23-,24-,25+/m1/s1. The topological polar surface area (TPSA) is 131 Å². The van der Waals surface area contributed by atoms with Crippen molar-refractivity contribution in [1.29, 1.82) is 0 Å². The van der Waals surface area contributed by atoms with Crippen LogP contribution in [0.25, 0.3) is 10.8 Å². The predicted molar refractivity (Wildman–Crippen MR) is 143 cm³/mol. The van der Waals surface area contributed by atoms with Crippen molar-refractivity contribution in [3.05, 3.63) is 48.0 Å². The molecule has 3 rings (SSSR count). The smallest absolute Gasteiger partial charge is 0.239 e. The van der Waals surface area contributed by atoms with E-state index in [9.17, 15) is 14.4 Å². The van der Waals surface area contributed by atoms with E-state index >= 15 is 0 Å². The van der Waals surface area contributed by atoms with Crippen molar-refractivity contribution in [2.45, 2.75) is 45.6 Å². The van der Waals surface area contributed by atoms with Gasteiger partial charge in [0.05, 0.1) is 17.9 Å². The highest BCUT2D eigenvalue weighted by Crippen LogP contribution is 2.25. The van der Waals surface area contributed by atoms with Crippen LogP contribution in [-0.4, -0.2) is 61.4 Å². The summed E-state index contributed by atoms with van der Waals surface area (Å²) in [6.45, 7) is 5.96. The molecule has 3 atom stereocenters. The third-order valence-electron chi connectivity index (χ3n) is 6.80. The first kappa shape index (κ1) is 27.6. The summed E-state index contributed by atoms with van der Waals surface area (Å²) < 4.78 is 0. The Bertz CT molecular complexity index is 1040. The first-order valence-corrected chi connectivity index (χ1v) is 13.1. The zero-order chi connectivity index (χ0) is 26.1. The maximum Gasteiger partial charge on any atom is 0.239 e. The van der Waals surface area contributed by atoms with Crippen LogP contribution < -0.4 is 22.1 Å². The number of hydrogen-bond donors (Lipinski definition) is 4. The van der Waals surface area contributed by atoms with E-state index < -0.39 is 17.9 Å². The monoisotopic (exact) mass is 495 g/mol. The molecule has 196 valence electrons. The average molecular weight is 496 g/mol. The van der Waals surface area contributed by atoms with Gasteiger partial charge in [-0.3, -0.25) is 14.4 Å². The summed E-state index contributed by atoms with van der Waals surface area (Å²) in [7, 11) is 0. The van der Waals surface area contributed by atoms with Gasteiger partial charge in [0.15, 0.2) is 0 Å². The lowest BCUT2D eigenvalue weighted by molar-refractivity contribution is -0.132. The molecule has 2 aromatic carbocycles. The summed E-state index contributed by atoms with van der Waals surface area (Å²) in [4.78, 5) is 40.7. The maximum absolute atomic E-state index is 13.2. The second-order valence-corrected chi connectivity index (χ2v) is 10.2. The Morgan fingerprint density at radius 1 is 0.944 bits per heavy atom. The van der Waals surface area contributed by atoms with E-state index in [1.165, 1.54) is 5.39 Å². The van der Waals surface area contributed by atoms with Gasteiger partial charge in [-0.2, -0.15) is 0 Å². The summed E-state index contributed by atoms with van der Waals surface area (Å²) in [5.74, 6) is -1.52. The summed E-state index contributed by atoms with van der Waals surface area (Å²) >= 11 is 0. The number of unbranched alkanes of at least 4 members (excludes halogenated alkanes) is 1. The molecule has 2 aromatic rings. The Morgan fingerprint density at radius 2 is 1.58 bits per heavy atom. The summed E-state index contributed by atoms with van der Waals surface area (Å²) in [6, 6.07) is 13.8. The zero-order valence-corrected chi connectivity index (χ0v) is 21.5. The van der Waals surface area contributed by atoms with Crippen molar-refractivity contribution >= 4 is 28.5 Å². The van der Waals surface area contributed by atoms with E-state index in [4.69, 9.17) is 11.5 Å². The number of likely N-dealkylation sites (tertiary alicyclic amines) is 1. The molecule has 0 saturated carbocycles. The van der Waals surface area contributed by atoms with Crippen LogP contribution in [0, 0.1) is 17.8 Å². The Kier molecular flexibility index (Phi) is 10.3. The van der Waals surface area contributed by atoms with Crippen LogP contribution in [0.3, 0.4) is 0 Å². The van der Waals surface area contributed by atoms with Gasteiger partial charge in [0.25, 0.3) is 0 Å². The molecule has 1 aliphatic heterocycles. The van der Waals surface area contributed by atoms with Crippen LogP contribution in [0.1, 0.15) is 38.7 Å². The van der Waals surface area contributed by atoms with Gasteiger partial charge in [-0.15, -0.1) is 0 Å². The van der Waals surface area contributed by atoms with E-state index in [2.05, 4.69) is 41.0 Å². The molecule has 1 heterocycles. The van der Waals surface area contributed by atoms with Crippen LogP contribution in [0.15, 0.2) is 42.5 Å². The second-order valence-electron chi connectivity index (χ2n) is 10.2. The fraction of sp³-hybridized carbons (Fsp3) is 0.536. The Morgan fingerprint density at radius 3 is 2.22 bits per heavy atom. The summed E-state index contributed by atoms with van der Waals surface area (Å²) in [5, 5.41) is 8.26. The highest BCUT2D eigenvalue weighted by Gasteiger charge is 2.44. The van der Waals surface area contributed by atoms with Gasteiger partial charge in [0.2, 0.25) is 17.7 Å². The Hall–Kier alpha value is -2.97.